The molecule has 4 aromatic heterocycles. The van der Waals surface area contributed by atoms with Gasteiger partial charge in [0.05, 0.1) is 2.74 Å². The highest BCUT2D eigenvalue weighted by Gasteiger charge is 2.24. The number of fused-ring (bicyclic) bond motifs is 9. The van der Waals surface area contributed by atoms with Crippen LogP contribution >= 0.6 is 0 Å². The van der Waals surface area contributed by atoms with Gasteiger partial charge in [0.1, 0.15) is 33.5 Å². The van der Waals surface area contributed by atoms with Crippen molar-refractivity contribution in [1.82, 2.24) is 15.0 Å². The normalized spacial score (nSPS) is 12.4. The predicted octanol–water partition coefficient (Wildman–Crippen LogP) is 13.9. The molecule has 0 amide bonds. The standard InChI is InChI=1S/C51H29N3O3/c1-3-14-30(15-4-1)49-52-50(31-16-5-2-6-17-31)54-51(53-49)37-22-13-27-44-47(37)39-29-32(33-20-11-25-42-45(33)35-18-7-9-23-40(35)55-42)28-38(48(39)57-44)34-21-12-26-43-46(34)36-19-8-10-24-41(36)56-43/h1-29H/i7D,8D. The number of para-hydroxylation sites is 2. The third kappa shape index (κ3) is 4.94. The van der Waals surface area contributed by atoms with E-state index in [-0.39, 0.29) is 0 Å². The number of hydrogen-bond donors (Lipinski definition) is 0. The lowest BCUT2D eigenvalue weighted by molar-refractivity contribution is 0.668. The molecule has 6 nitrogen and oxygen atoms in total. The summed E-state index contributed by atoms with van der Waals surface area (Å²) < 4.78 is 36.7. The summed E-state index contributed by atoms with van der Waals surface area (Å²) in [6.45, 7) is 0. The molecule has 0 aliphatic carbocycles. The Hall–Kier alpha value is -7.83. The van der Waals surface area contributed by atoms with Crippen molar-refractivity contribution in [1.29, 1.82) is 0 Å². The summed E-state index contributed by atoms with van der Waals surface area (Å²) in [5.41, 5.74) is 10.5. The van der Waals surface area contributed by atoms with Crippen molar-refractivity contribution in [3.8, 4) is 56.4 Å². The Labute approximate surface area is 328 Å². The smallest absolute Gasteiger partial charge is 0.164 e. The minimum atomic E-state index is 0.400. The van der Waals surface area contributed by atoms with E-state index in [1.807, 2.05) is 127 Å². The molecule has 12 rings (SSSR count). The third-order valence-corrected chi connectivity index (χ3v) is 10.8. The van der Waals surface area contributed by atoms with Crippen molar-refractivity contribution in [2.24, 2.45) is 0 Å². The molecule has 0 fully saturated rings. The average molecular weight is 734 g/mol. The number of hydrogen-bond acceptors (Lipinski definition) is 6. The number of furan rings is 3. The Kier molecular flexibility index (Phi) is 6.39. The van der Waals surface area contributed by atoms with E-state index in [9.17, 15) is 0 Å². The predicted molar refractivity (Wildman–Crippen MR) is 229 cm³/mol. The van der Waals surface area contributed by atoms with Gasteiger partial charge in [0.25, 0.3) is 0 Å². The van der Waals surface area contributed by atoms with Gasteiger partial charge in [-0.1, -0.05) is 133 Å². The fourth-order valence-electron chi connectivity index (χ4n) is 8.29. The van der Waals surface area contributed by atoms with Crippen molar-refractivity contribution >= 4 is 65.8 Å². The van der Waals surface area contributed by atoms with E-state index in [4.69, 9.17) is 30.9 Å². The molecule has 0 aliphatic rings. The van der Waals surface area contributed by atoms with Gasteiger partial charge in [0, 0.05) is 54.6 Å². The maximum atomic E-state index is 8.51. The summed E-state index contributed by atoms with van der Waals surface area (Å²) in [4.78, 5) is 15.2. The van der Waals surface area contributed by atoms with Gasteiger partial charge in [-0.2, -0.15) is 0 Å². The van der Waals surface area contributed by atoms with Gasteiger partial charge in [0.2, 0.25) is 0 Å². The van der Waals surface area contributed by atoms with Crippen LogP contribution in [0.1, 0.15) is 2.74 Å². The molecule has 0 radical (unpaired) electrons. The van der Waals surface area contributed by atoms with E-state index in [1.54, 1.807) is 12.1 Å². The van der Waals surface area contributed by atoms with Crippen molar-refractivity contribution in [2.45, 2.75) is 0 Å². The molecule has 4 heterocycles. The highest BCUT2D eigenvalue weighted by molar-refractivity contribution is 6.21. The maximum absolute atomic E-state index is 8.51. The summed E-state index contributed by atoms with van der Waals surface area (Å²) in [6, 6.07) is 54.2. The van der Waals surface area contributed by atoms with E-state index in [0.29, 0.717) is 46.3 Å². The minimum Gasteiger partial charge on any atom is -0.456 e. The molecule has 0 bridgehead atoms. The summed E-state index contributed by atoms with van der Waals surface area (Å²) in [6.07, 6.45) is 0. The molecule has 12 aromatic rings. The van der Waals surface area contributed by atoms with Gasteiger partial charge >= 0.3 is 0 Å². The SMILES string of the molecule is [2H]c1ccc2oc3cccc(-c4cc(-c5cccc6oc7ccc([2H])cc7c56)c5oc6cccc(-c7nc(-c8ccccc8)nc(-c8ccccc8)n7)c6c5c4)c3c2c1. The zero-order valence-electron chi connectivity index (χ0n) is 32.2. The fraction of sp³-hybridized carbons (Fsp3) is 0. The number of benzene rings is 8. The van der Waals surface area contributed by atoms with Crippen LogP contribution < -0.4 is 0 Å². The topological polar surface area (TPSA) is 78.1 Å². The Morgan fingerprint density at radius 1 is 0.333 bits per heavy atom. The van der Waals surface area contributed by atoms with Gasteiger partial charge in [-0.05, 0) is 59.2 Å². The second-order valence-corrected chi connectivity index (χ2v) is 14.1. The molecule has 0 N–H and O–H groups in total. The van der Waals surface area contributed by atoms with Gasteiger partial charge < -0.3 is 13.3 Å². The summed E-state index contributed by atoms with van der Waals surface area (Å²) in [5, 5.41) is 5.31. The Bertz CT molecular complexity index is 3590. The van der Waals surface area contributed by atoms with Crippen molar-refractivity contribution in [2.75, 3.05) is 0 Å². The first-order valence-electron chi connectivity index (χ1n) is 19.8. The average Bonchev–Trinajstić information content (AvgIpc) is 3.97. The molecular formula is C51H29N3O3. The first kappa shape index (κ1) is 29.5. The molecule has 8 aromatic carbocycles. The summed E-state index contributed by atoms with van der Waals surface area (Å²) in [7, 11) is 0. The van der Waals surface area contributed by atoms with Crippen LogP contribution in [0.2, 0.25) is 0 Å². The quantitative estimate of drug-likeness (QED) is 0.175. The van der Waals surface area contributed by atoms with E-state index < -0.39 is 0 Å². The maximum Gasteiger partial charge on any atom is 0.164 e. The summed E-state index contributed by atoms with van der Waals surface area (Å²) >= 11 is 0. The second-order valence-electron chi connectivity index (χ2n) is 14.1. The van der Waals surface area contributed by atoms with Crippen LogP contribution in [0.4, 0.5) is 0 Å². The third-order valence-electron chi connectivity index (χ3n) is 10.8. The fourth-order valence-corrected chi connectivity index (χ4v) is 8.29. The Morgan fingerprint density at radius 2 is 0.825 bits per heavy atom. The van der Waals surface area contributed by atoms with E-state index in [1.165, 1.54) is 0 Å². The molecular weight excluding hydrogens is 703 g/mol. The summed E-state index contributed by atoms with van der Waals surface area (Å²) in [5.74, 6) is 1.66. The van der Waals surface area contributed by atoms with Crippen molar-refractivity contribution < 1.29 is 16.0 Å². The van der Waals surface area contributed by atoms with Crippen LogP contribution in [0.3, 0.4) is 0 Å². The first-order chi connectivity index (χ1) is 29.0. The van der Waals surface area contributed by atoms with Crippen LogP contribution in [0.15, 0.2) is 189 Å². The number of nitrogens with zero attached hydrogens (tertiary/aromatic N) is 3. The second kappa shape index (κ2) is 12.3. The molecule has 0 atom stereocenters. The number of aromatic nitrogens is 3. The van der Waals surface area contributed by atoms with Gasteiger partial charge in [-0.3, -0.25) is 0 Å². The van der Waals surface area contributed by atoms with E-state index in [2.05, 4.69) is 24.3 Å². The van der Waals surface area contributed by atoms with Gasteiger partial charge in [-0.15, -0.1) is 0 Å². The molecule has 0 saturated heterocycles. The minimum absolute atomic E-state index is 0.400. The lowest BCUT2D eigenvalue weighted by atomic mass is 9.91. The molecule has 6 heteroatoms. The van der Waals surface area contributed by atoms with Crippen LogP contribution in [0, 0.1) is 0 Å². The van der Waals surface area contributed by atoms with Crippen LogP contribution in [0.5, 0.6) is 0 Å². The molecule has 0 aliphatic heterocycles. The first-order valence-corrected chi connectivity index (χ1v) is 18.8. The molecule has 0 spiro atoms. The Morgan fingerprint density at radius 3 is 1.44 bits per heavy atom. The molecule has 0 unspecified atom stereocenters. The largest absolute Gasteiger partial charge is 0.456 e. The van der Waals surface area contributed by atoms with Crippen molar-refractivity contribution in [3.63, 3.8) is 0 Å². The highest BCUT2D eigenvalue weighted by Crippen LogP contribution is 2.47. The lowest BCUT2D eigenvalue weighted by Gasteiger charge is -2.11. The lowest BCUT2D eigenvalue weighted by Crippen LogP contribution is -2.00. The monoisotopic (exact) mass is 733 g/mol. The van der Waals surface area contributed by atoms with Crippen molar-refractivity contribution in [3.05, 3.63) is 176 Å². The Balaban J connectivity index is 1.20. The molecule has 57 heavy (non-hydrogen) atoms. The van der Waals surface area contributed by atoms with E-state index >= 15 is 0 Å². The van der Waals surface area contributed by atoms with Gasteiger partial charge in [0.15, 0.2) is 17.5 Å². The van der Waals surface area contributed by atoms with Crippen LogP contribution in [0.25, 0.3) is 122 Å². The number of rotatable bonds is 5. The zero-order valence-corrected chi connectivity index (χ0v) is 30.2. The van der Waals surface area contributed by atoms with E-state index in [0.717, 1.165) is 88.0 Å². The highest BCUT2D eigenvalue weighted by atomic mass is 16.3. The zero-order chi connectivity index (χ0) is 39.2. The molecule has 266 valence electrons. The van der Waals surface area contributed by atoms with Crippen LogP contribution in [-0.2, 0) is 0 Å². The van der Waals surface area contributed by atoms with Crippen LogP contribution in [-0.4, -0.2) is 15.0 Å². The molecule has 0 saturated carbocycles. The van der Waals surface area contributed by atoms with Gasteiger partial charge in [-0.25, -0.2) is 15.0 Å².